The largest absolute Gasteiger partial charge is 0.455 e. The smallest absolute Gasteiger partial charge is 0.238 e. The number of rotatable bonds is 12. The van der Waals surface area contributed by atoms with Gasteiger partial charge in [0.2, 0.25) is 17.8 Å². The molecular weight excluding hydrogens is 1610 g/mol. The maximum Gasteiger partial charge on any atom is 0.238 e. The van der Waals surface area contributed by atoms with Crippen molar-refractivity contribution in [2.45, 2.75) is 19.3 Å². The number of hydrogen-bond acceptors (Lipinski definition) is 9. The summed E-state index contributed by atoms with van der Waals surface area (Å²) in [6, 6.07) is 152. The fraction of sp³-hybridized carbons (Fsp3) is 0.0259. The van der Waals surface area contributed by atoms with Crippen molar-refractivity contribution in [1.29, 1.82) is 0 Å². The Hall–Kier alpha value is -16.5. The van der Waals surface area contributed by atoms with Crippen LogP contribution in [-0.4, -0.2) is 56.7 Å². The molecule has 17 aromatic carbocycles. The van der Waals surface area contributed by atoms with E-state index in [1.807, 2.05) is 133 Å². The Bertz CT molecular complexity index is 8440. The molecule has 26 rings (SSSR count). The molecule has 1 aliphatic rings. The fourth-order valence-corrected chi connectivity index (χ4v) is 25.9. The predicted octanol–water partition coefficient (Wildman–Crippen LogP) is 26.4. The van der Waals surface area contributed by atoms with Crippen LogP contribution in [0.2, 0.25) is 0 Å². The van der Waals surface area contributed by atoms with Gasteiger partial charge in [0.15, 0.2) is 19.7 Å². The lowest BCUT2D eigenvalue weighted by molar-refractivity contribution is 0.661. The molecule has 13 heteroatoms. The number of nitrogens with zero attached hydrogens (tertiary/aromatic N) is 10. The second kappa shape index (κ2) is 31.3. The molecule has 0 aliphatic heterocycles. The summed E-state index contributed by atoms with van der Waals surface area (Å²) in [5.74, 6) is 3.23. The molecule has 25 aromatic rings. The van der Waals surface area contributed by atoms with Crippen molar-refractivity contribution >= 4 is 148 Å². The van der Waals surface area contributed by atoms with Gasteiger partial charge >= 0.3 is 0 Å². The second-order valence-corrected chi connectivity index (χ2v) is 38.2. The van der Waals surface area contributed by atoms with Gasteiger partial charge in [0.25, 0.3) is 0 Å². The summed E-state index contributed by atoms with van der Waals surface area (Å²) in [5, 5.41) is 17.2. The molecule has 0 radical (unpaired) electrons. The summed E-state index contributed by atoms with van der Waals surface area (Å²) in [4.78, 5) is 35.5. The number of benzene rings is 17. The van der Waals surface area contributed by atoms with Gasteiger partial charge in [-0.25, -0.2) is 24.9 Å². The standard InChI is InChI=1S/C46H31N3SSi.C36H26N4.C34H21N3O/c1-4-16-33(17-5-1)51(34-18-6-2-7-19-34,35-20-8-3-9-21-35)36-22-14-15-32(31-36)40-29-30-47-46(48-40)49-41-25-12-10-24-39(41)44-42(49)28-27-38-37-23-11-13-26-43(37)50-45(38)44;1-36(2)29-19-11-9-17-25(29)27-22-32-28(21-30(27)36)26-18-10-12-20-31(26)40(32)35-38-33(23-13-5-3-6-14-23)37-34(39-35)24-15-7-4-8-16-24;1-3-11-22(12-4-1)27-21-28(23-13-5-2-6-14-23)36-34(35-27)37-29-17-9-7-16-26(29)32-30(37)20-19-25-24-15-8-10-18-31(24)38-33(25)32/h1-31H;3-22H,1-2H3;1-21H. The van der Waals surface area contributed by atoms with E-state index in [-0.39, 0.29) is 5.41 Å². The third-order valence-electron chi connectivity index (χ3n) is 25.7. The van der Waals surface area contributed by atoms with Crippen LogP contribution < -0.4 is 20.7 Å². The van der Waals surface area contributed by atoms with Gasteiger partial charge in [-0.05, 0) is 116 Å². The monoisotopic (exact) mass is 1690 g/mol. The molecule has 0 spiro atoms. The van der Waals surface area contributed by atoms with Crippen molar-refractivity contribution in [2.75, 3.05) is 0 Å². The highest BCUT2D eigenvalue weighted by molar-refractivity contribution is 7.26. The highest BCUT2D eigenvalue weighted by Crippen LogP contribution is 2.52. The number of thiophene rings is 1. The molecule has 8 aromatic heterocycles. The Morgan fingerprint density at radius 1 is 0.271 bits per heavy atom. The zero-order valence-corrected chi connectivity index (χ0v) is 72.2. The third kappa shape index (κ3) is 12.8. The molecule has 0 amide bonds. The van der Waals surface area contributed by atoms with Crippen molar-refractivity contribution in [3.63, 3.8) is 0 Å². The molecule has 0 fully saturated rings. The van der Waals surface area contributed by atoms with Gasteiger partial charge in [0, 0.05) is 97.3 Å². The Morgan fingerprint density at radius 3 is 1.33 bits per heavy atom. The first-order valence-electron chi connectivity index (χ1n) is 43.6. The minimum atomic E-state index is -2.69. The number of furan rings is 1. The molecule has 129 heavy (non-hydrogen) atoms. The van der Waals surface area contributed by atoms with Gasteiger partial charge in [-0.2, -0.15) is 9.97 Å². The van der Waals surface area contributed by atoms with Gasteiger partial charge in [0.05, 0.1) is 55.6 Å². The third-order valence-corrected chi connectivity index (χ3v) is 31.7. The van der Waals surface area contributed by atoms with Gasteiger partial charge in [-0.1, -0.05) is 372 Å². The van der Waals surface area contributed by atoms with Crippen molar-refractivity contribution < 1.29 is 4.42 Å². The minimum absolute atomic E-state index is 0.0720. The van der Waals surface area contributed by atoms with Gasteiger partial charge in [-0.3, -0.25) is 13.7 Å². The number of para-hydroxylation sites is 4. The van der Waals surface area contributed by atoms with E-state index in [1.54, 1.807) is 0 Å². The number of hydrogen-bond donors (Lipinski definition) is 0. The van der Waals surface area contributed by atoms with Crippen LogP contribution in [0.3, 0.4) is 0 Å². The molecule has 11 nitrogen and oxygen atoms in total. The molecule has 608 valence electrons. The molecule has 0 saturated carbocycles. The normalized spacial score (nSPS) is 12.3. The number of fused-ring (bicyclic) bond motifs is 20. The summed E-state index contributed by atoms with van der Waals surface area (Å²) in [6.45, 7) is 4.65. The lowest BCUT2D eigenvalue weighted by atomic mass is 9.82. The van der Waals surface area contributed by atoms with Gasteiger partial charge in [0.1, 0.15) is 11.2 Å². The summed E-state index contributed by atoms with van der Waals surface area (Å²) in [6.07, 6.45) is 1.90. The van der Waals surface area contributed by atoms with Crippen LogP contribution in [0.1, 0.15) is 25.0 Å². The van der Waals surface area contributed by atoms with Crippen LogP contribution in [0.4, 0.5) is 0 Å². The van der Waals surface area contributed by atoms with Gasteiger partial charge < -0.3 is 4.42 Å². The summed E-state index contributed by atoms with van der Waals surface area (Å²) >= 11 is 1.86. The number of aromatic nitrogens is 10. The average molecular weight is 1690 g/mol. The summed E-state index contributed by atoms with van der Waals surface area (Å²) in [5.41, 5.74) is 21.2. The summed E-state index contributed by atoms with van der Waals surface area (Å²) in [7, 11) is -2.69. The fourth-order valence-electron chi connectivity index (χ4n) is 19.8. The average Bonchev–Trinajstić information content (AvgIpc) is 1.54. The maximum atomic E-state index is 6.45. The highest BCUT2D eigenvalue weighted by atomic mass is 32.1. The quantitative estimate of drug-likeness (QED) is 0.0877. The molecule has 0 saturated heterocycles. The van der Waals surface area contributed by atoms with E-state index < -0.39 is 8.07 Å². The molecule has 1 aliphatic carbocycles. The van der Waals surface area contributed by atoms with Crippen LogP contribution in [0, 0.1) is 0 Å². The first-order chi connectivity index (χ1) is 63.7. The maximum absolute atomic E-state index is 6.45. The predicted molar refractivity (Wildman–Crippen MR) is 535 cm³/mol. The van der Waals surface area contributed by atoms with Crippen LogP contribution in [-0.2, 0) is 5.41 Å². The van der Waals surface area contributed by atoms with E-state index in [0.717, 1.165) is 111 Å². The Morgan fingerprint density at radius 2 is 0.721 bits per heavy atom. The lowest BCUT2D eigenvalue weighted by Gasteiger charge is -2.34. The minimum Gasteiger partial charge on any atom is -0.455 e. The molecule has 0 unspecified atom stereocenters. The topological polar surface area (TPSA) is 118 Å². The molecule has 0 N–H and O–H groups in total. The van der Waals surface area contributed by atoms with E-state index in [1.165, 1.54) is 84.7 Å². The van der Waals surface area contributed by atoms with Crippen LogP contribution in [0.15, 0.2) is 441 Å². The zero-order chi connectivity index (χ0) is 85.7. The Balaban J connectivity index is 0.000000109. The second-order valence-electron chi connectivity index (χ2n) is 33.4. The first kappa shape index (κ1) is 76.2. The van der Waals surface area contributed by atoms with E-state index >= 15 is 0 Å². The van der Waals surface area contributed by atoms with Crippen LogP contribution >= 0.6 is 11.3 Å². The van der Waals surface area contributed by atoms with E-state index in [2.05, 4.69) is 343 Å². The SMILES string of the molecule is CC1(C)c2ccccc2-c2cc3c(cc21)c1ccccc1n3-c1nc(-c2ccccc2)nc(-c2ccccc2)n1.c1ccc(-c2cc(-c3ccccc3)nc(-n3c4ccccc4c4c5oc6ccccc6c5ccc43)n2)cc1.c1ccc([Si](c2ccccc2)(c2ccccc2)c2cccc(-c3ccnc(-n4c5ccccc5c5c6sc7ccccc7c6ccc54)n3)c2)cc1. The summed E-state index contributed by atoms with van der Waals surface area (Å²) < 4.78 is 15.7. The zero-order valence-electron chi connectivity index (χ0n) is 70.4. The van der Waals surface area contributed by atoms with Crippen LogP contribution in [0.25, 0.3) is 193 Å². The van der Waals surface area contributed by atoms with Crippen LogP contribution in [0.5, 0.6) is 0 Å². The Kier molecular flexibility index (Phi) is 18.5. The molecule has 0 atom stereocenters. The van der Waals surface area contributed by atoms with Crippen molar-refractivity contribution in [1.82, 2.24) is 48.6 Å². The molecular formula is C116H78N10OSSi. The lowest BCUT2D eigenvalue weighted by Crippen LogP contribution is -2.74. The van der Waals surface area contributed by atoms with E-state index in [0.29, 0.717) is 29.5 Å². The Labute approximate surface area is 748 Å². The van der Waals surface area contributed by atoms with Crippen molar-refractivity contribution in [2.24, 2.45) is 0 Å². The van der Waals surface area contributed by atoms with Crippen molar-refractivity contribution in [3.05, 3.63) is 448 Å². The molecule has 0 bridgehead atoms. The van der Waals surface area contributed by atoms with E-state index in [9.17, 15) is 0 Å². The van der Waals surface area contributed by atoms with Gasteiger partial charge in [-0.15, -0.1) is 11.3 Å². The molecule has 8 heterocycles. The van der Waals surface area contributed by atoms with E-state index in [4.69, 9.17) is 39.3 Å². The highest BCUT2D eigenvalue weighted by Gasteiger charge is 2.42. The first-order valence-corrected chi connectivity index (χ1v) is 46.4. The van der Waals surface area contributed by atoms with Crippen molar-refractivity contribution in [3.8, 4) is 85.5 Å².